The molecule has 1 aromatic rings. The van der Waals surface area contributed by atoms with Crippen LogP contribution in [0, 0.1) is 5.92 Å². The van der Waals surface area contributed by atoms with E-state index in [0.717, 1.165) is 12.8 Å². The monoisotopic (exact) mass is 279 g/mol. The second-order valence-electron chi connectivity index (χ2n) is 5.18. The average molecular weight is 279 g/mol. The van der Waals surface area contributed by atoms with Crippen molar-refractivity contribution in [2.24, 2.45) is 5.92 Å². The van der Waals surface area contributed by atoms with Gasteiger partial charge in [-0.25, -0.2) is 14.6 Å². The Balaban J connectivity index is 2.56. The van der Waals surface area contributed by atoms with Crippen molar-refractivity contribution >= 4 is 17.7 Å². The van der Waals surface area contributed by atoms with E-state index in [1.165, 1.54) is 12.3 Å². The first-order valence-electron chi connectivity index (χ1n) is 6.66. The molecule has 2 amide bonds. The molecule has 0 saturated heterocycles. The molecule has 110 valence electrons. The molecule has 3 N–H and O–H groups in total. The summed E-state index contributed by atoms with van der Waals surface area (Å²) in [5.41, 5.74) is 0.0195. The van der Waals surface area contributed by atoms with E-state index in [4.69, 9.17) is 5.11 Å². The van der Waals surface area contributed by atoms with Crippen LogP contribution in [0.15, 0.2) is 18.3 Å². The highest BCUT2D eigenvalue weighted by atomic mass is 16.4. The standard InChI is InChI=1S/C14H21N3O3/c1-9(2)6-7-10(3)16-14(20)17-11-5-4-8-15-12(11)13(18)19/h4-5,8-10H,6-7H2,1-3H3,(H,18,19)(H2,16,17,20). The van der Waals surface area contributed by atoms with Crippen LogP contribution in [0.1, 0.15) is 44.1 Å². The van der Waals surface area contributed by atoms with Gasteiger partial charge in [0.25, 0.3) is 0 Å². The normalized spacial score (nSPS) is 12.0. The van der Waals surface area contributed by atoms with E-state index < -0.39 is 12.0 Å². The lowest BCUT2D eigenvalue weighted by Crippen LogP contribution is -2.36. The minimum Gasteiger partial charge on any atom is -0.476 e. The summed E-state index contributed by atoms with van der Waals surface area (Å²) in [6.45, 7) is 6.17. The summed E-state index contributed by atoms with van der Waals surface area (Å²) in [4.78, 5) is 26.5. The molecule has 6 heteroatoms. The van der Waals surface area contributed by atoms with E-state index >= 15 is 0 Å². The Bertz CT molecular complexity index is 474. The molecular weight excluding hydrogens is 258 g/mol. The van der Waals surface area contributed by atoms with Crippen molar-refractivity contribution in [3.05, 3.63) is 24.0 Å². The topological polar surface area (TPSA) is 91.3 Å². The molecule has 0 saturated carbocycles. The second kappa shape index (κ2) is 7.47. The Labute approximate surface area is 118 Å². The Hall–Kier alpha value is -2.11. The van der Waals surface area contributed by atoms with Crippen LogP contribution in [-0.2, 0) is 0 Å². The molecular formula is C14H21N3O3. The molecule has 1 unspecified atom stereocenters. The minimum atomic E-state index is -1.17. The highest BCUT2D eigenvalue weighted by molar-refractivity contribution is 5.98. The number of aromatic carboxylic acids is 1. The number of anilines is 1. The predicted octanol–water partition coefficient (Wildman–Crippen LogP) is 2.73. The number of carboxylic acid groups (broad SMARTS) is 1. The Morgan fingerprint density at radius 1 is 1.30 bits per heavy atom. The number of hydrogen-bond acceptors (Lipinski definition) is 3. The van der Waals surface area contributed by atoms with Gasteiger partial charge in [-0.05, 0) is 37.8 Å². The van der Waals surface area contributed by atoms with Gasteiger partial charge in [-0.2, -0.15) is 0 Å². The first-order chi connectivity index (χ1) is 9.40. The summed E-state index contributed by atoms with van der Waals surface area (Å²) in [5, 5.41) is 14.3. The van der Waals surface area contributed by atoms with Gasteiger partial charge in [0.15, 0.2) is 5.69 Å². The van der Waals surface area contributed by atoms with Crippen LogP contribution in [0.3, 0.4) is 0 Å². The second-order valence-corrected chi connectivity index (χ2v) is 5.18. The zero-order valence-electron chi connectivity index (χ0n) is 12.0. The smallest absolute Gasteiger partial charge is 0.356 e. The maximum absolute atomic E-state index is 11.8. The summed E-state index contributed by atoms with van der Waals surface area (Å²) >= 11 is 0. The van der Waals surface area contributed by atoms with Crippen molar-refractivity contribution in [3.63, 3.8) is 0 Å². The molecule has 1 atom stereocenters. The quantitative estimate of drug-likeness (QED) is 0.746. The van der Waals surface area contributed by atoms with Crippen LogP contribution in [0.4, 0.5) is 10.5 Å². The highest BCUT2D eigenvalue weighted by Crippen LogP contribution is 2.12. The molecule has 0 fully saturated rings. The molecule has 0 aliphatic heterocycles. The fourth-order valence-corrected chi connectivity index (χ4v) is 1.71. The number of amides is 2. The third-order valence-corrected chi connectivity index (χ3v) is 2.81. The Kier molecular flexibility index (Phi) is 5.96. The zero-order chi connectivity index (χ0) is 15.1. The summed E-state index contributed by atoms with van der Waals surface area (Å²) in [5.74, 6) is -0.590. The summed E-state index contributed by atoms with van der Waals surface area (Å²) < 4.78 is 0. The maximum Gasteiger partial charge on any atom is 0.356 e. The van der Waals surface area contributed by atoms with Gasteiger partial charge in [0.2, 0.25) is 0 Å². The Morgan fingerprint density at radius 3 is 2.60 bits per heavy atom. The average Bonchev–Trinajstić information content (AvgIpc) is 2.36. The van der Waals surface area contributed by atoms with Crippen molar-refractivity contribution in [2.45, 2.75) is 39.7 Å². The van der Waals surface area contributed by atoms with Gasteiger partial charge in [-0.15, -0.1) is 0 Å². The number of aromatic nitrogens is 1. The molecule has 0 aliphatic carbocycles. The fourth-order valence-electron chi connectivity index (χ4n) is 1.71. The summed E-state index contributed by atoms with van der Waals surface area (Å²) in [6.07, 6.45) is 3.27. The summed E-state index contributed by atoms with van der Waals surface area (Å²) in [7, 11) is 0. The lowest BCUT2D eigenvalue weighted by atomic mass is 10.0. The van der Waals surface area contributed by atoms with Crippen molar-refractivity contribution < 1.29 is 14.7 Å². The SMILES string of the molecule is CC(C)CCC(C)NC(=O)Nc1cccnc1C(=O)O. The molecule has 0 radical (unpaired) electrons. The van der Waals surface area contributed by atoms with Crippen LogP contribution < -0.4 is 10.6 Å². The van der Waals surface area contributed by atoms with Crippen LogP contribution in [0.2, 0.25) is 0 Å². The van der Waals surface area contributed by atoms with Gasteiger partial charge in [-0.1, -0.05) is 13.8 Å². The number of nitrogens with one attached hydrogen (secondary N) is 2. The molecule has 0 aliphatic rings. The van der Waals surface area contributed by atoms with Gasteiger partial charge in [0.1, 0.15) is 0 Å². The van der Waals surface area contributed by atoms with E-state index in [-0.39, 0.29) is 17.4 Å². The van der Waals surface area contributed by atoms with Gasteiger partial charge in [0.05, 0.1) is 5.69 Å². The van der Waals surface area contributed by atoms with Crippen molar-refractivity contribution in [1.29, 1.82) is 0 Å². The maximum atomic E-state index is 11.8. The van der Waals surface area contributed by atoms with E-state index in [1.54, 1.807) is 6.07 Å². The first kappa shape index (κ1) is 15.9. The van der Waals surface area contributed by atoms with E-state index in [2.05, 4.69) is 29.5 Å². The van der Waals surface area contributed by atoms with Crippen LogP contribution in [0.25, 0.3) is 0 Å². The van der Waals surface area contributed by atoms with Crippen molar-refractivity contribution in [3.8, 4) is 0 Å². The molecule has 6 nitrogen and oxygen atoms in total. The molecule has 20 heavy (non-hydrogen) atoms. The van der Waals surface area contributed by atoms with Crippen molar-refractivity contribution in [2.75, 3.05) is 5.32 Å². The van der Waals surface area contributed by atoms with Gasteiger partial charge < -0.3 is 15.7 Å². The van der Waals surface area contributed by atoms with Crippen LogP contribution in [-0.4, -0.2) is 28.1 Å². The number of pyridine rings is 1. The molecule has 0 aromatic carbocycles. The number of carbonyl (C=O) groups excluding carboxylic acids is 1. The minimum absolute atomic E-state index is 0.0300. The zero-order valence-corrected chi connectivity index (χ0v) is 12.0. The third kappa shape index (κ3) is 5.26. The summed E-state index contributed by atoms with van der Waals surface area (Å²) in [6, 6.07) is 2.69. The van der Waals surface area contributed by atoms with Crippen LogP contribution in [0.5, 0.6) is 0 Å². The number of carboxylic acids is 1. The predicted molar refractivity (Wildman–Crippen MR) is 76.9 cm³/mol. The molecule has 1 rings (SSSR count). The lowest BCUT2D eigenvalue weighted by Gasteiger charge is -2.16. The largest absolute Gasteiger partial charge is 0.476 e. The third-order valence-electron chi connectivity index (χ3n) is 2.81. The highest BCUT2D eigenvalue weighted by Gasteiger charge is 2.14. The first-order valence-corrected chi connectivity index (χ1v) is 6.66. The number of carbonyl (C=O) groups is 2. The molecule has 0 spiro atoms. The van der Waals surface area contributed by atoms with E-state index in [9.17, 15) is 9.59 Å². The molecule has 1 heterocycles. The number of urea groups is 1. The van der Waals surface area contributed by atoms with E-state index in [0.29, 0.717) is 5.92 Å². The number of hydrogen-bond donors (Lipinski definition) is 3. The van der Waals surface area contributed by atoms with Gasteiger partial charge >= 0.3 is 12.0 Å². The van der Waals surface area contributed by atoms with Crippen molar-refractivity contribution in [1.82, 2.24) is 10.3 Å². The lowest BCUT2D eigenvalue weighted by molar-refractivity contribution is 0.0691. The molecule has 0 bridgehead atoms. The van der Waals surface area contributed by atoms with Gasteiger partial charge in [0, 0.05) is 12.2 Å². The van der Waals surface area contributed by atoms with Gasteiger partial charge in [-0.3, -0.25) is 0 Å². The molecule has 1 aromatic heterocycles. The Morgan fingerprint density at radius 2 is 2.00 bits per heavy atom. The number of nitrogens with zero attached hydrogens (tertiary/aromatic N) is 1. The van der Waals surface area contributed by atoms with E-state index in [1.807, 2.05) is 6.92 Å². The number of rotatable bonds is 6. The fraction of sp³-hybridized carbons (Fsp3) is 0.500. The van der Waals surface area contributed by atoms with Crippen LogP contribution >= 0.6 is 0 Å².